The van der Waals surface area contributed by atoms with Crippen molar-refractivity contribution in [3.8, 4) is 0 Å². The van der Waals surface area contributed by atoms with Crippen molar-refractivity contribution in [2.24, 2.45) is 5.73 Å². The Labute approximate surface area is 139 Å². The van der Waals surface area contributed by atoms with Crippen molar-refractivity contribution in [3.63, 3.8) is 0 Å². The second-order valence-corrected chi connectivity index (χ2v) is 6.86. The van der Waals surface area contributed by atoms with E-state index < -0.39 is 15.9 Å². The molecule has 0 atom stereocenters. The highest BCUT2D eigenvalue weighted by Crippen LogP contribution is 2.23. The van der Waals surface area contributed by atoms with Crippen LogP contribution in [0.25, 0.3) is 0 Å². The summed E-state index contributed by atoms with van der Waals surface area (Å²) in [6.45, 7) is 2.99. The van der Waals surface area contributed by atoms with E-state index in [9.17, 15) is 18.0 Å². The second kappa shape index (κ2) is 6.71. The molecule has 2 aromatic carbocycles. The molecule has 0 fully saturated rings. The molecule has 0 heterocycles. The van der Waals surface area contributed by atoms with Crippen molar-refractivity contribution in [2.75, 3.05) is 10.0 Å². The Morgan fingerprint density at radius 2 is 1.58 bits per heavy atom. The van der Waals surface area contributed by atoms with Gasteiger partial charge in [-0.15, -0.1) is 0 Å². The quantitative estimate of drug-likeness (QED) is 0.765. The van der Waals surface area contributed by atoms with E-state index in [-0.39, 0.29) is 16.4 Å². The molecule has 0 aliphatic heterocycles. The fraction of sp³-hybridized carbons (Fsp3) is 0.125. The molecule has 2 aromatic rings. The monoisotopic (exact) mass is 347 g/mol. The number of anilines is 2. The first kappa shape index (κ1) is 17.5. The Morgan fingerprint density at radius 1 is 1.00 bits per heavy atom. The van der Waals surface area contributed by atoms with Crippen LogP contribution in [-0.2, 0) is 14.8 Å². The van der Waals surface area contributed by atoms with Gasteiger partial charge in [-0.1, -0.05) is 6.07 Å². The smallest absolute Gasteiger partial charge is 0.262 e. The molecule has 2 amide bonds. The summed E-state index contributed by atoms with van der Waals surface area (Å²) < 4.78 is 27.6. The predicted octanol–water partition coefficient (Wildman–Crippen LogP) is 1.85. The van der Waals surface area contributed by atoms with E-state index in [1.165, 1.54) is 37.3 Å². The van der Waals surface area contributed by atoms with Crippen LogP contribution in [0, 0.1) is 6.92 Å². The van der Waals surface area contributed by atoms with Gasteiger partial charge in [0.2, 0.25) is 11.8 Å². The van der Waals surface area contributed by atoms with Crippen molar-refractivity contribution in [3.05, 3.63) is 53.6 Å². The van der Waals surface area contributed by atoms with E-state index in [0.717, 1.165) is 0 Å². The van der Waals surface area contributed by atoms with Crippen LogP contribution in [0.3, 0.4) is 0 Å². The molecule has 0 aromatic heterocycles. The highest BCUT2D eigenvalue weighted by Gasteiger charge is 2.18. The molecule has 0 bridgehead atoms. The van der Waals surface area contributed by atoms with Crippen LogP contribution < -0.4 is 15.8 Å². The van der Waals surface area contributed by atoms with Crippen molar-refractivity contribution in [1.82, 2.24) is 0 Å². The number of carbonyl (C=O) groups is 2. The SMILES string of the molecule is CC(=O)Nc1ccc(C)c(S(=O)(=O)Nc2ccc(C(N)=O)cc2)c1. The Bertz CT molecular complexity index is 890. The maximum Gasteiger partial charge on any atom is 0.262 e. The first-order valence-electron chi connectivity index (χ1n) is 7.00. The maximum atomic E-state index is 12.6. The highest BCUT2D eigenvalue weighted by molar-refractivity contribution is 7.92. The van der Waals surface area contributed by atoms with E-state index in [0.29, 0.717) is 16.9 Å². The molecule has 24 heavy (non-hydrogen) atoms. The van der Waals surface area contributed by atoms with Crippen LogP contribution in [0.2, 0.25) is 0 Å². The van der Waals surface area contributed by atoms with Crippen molar-refractivity contribution in [1.29, 1.82) is 0 Å². The largest absolute Gasteiger partial charge is 0.366 e. The van der Waals surface area contributed by atoms with Gasteiger partial charge in [-0.3, -0.25) is 14.3 Å². The first-order valence-corrected chi connectivity index (χ1v) is 8.48. The molecule has 4 N–H and O–H groups in total. The third-order valence-corrected chi connectivity index (χ3v) is 4.74. The molecule has 8 heteroatoms. The Balaban J connectivity index is 2.32. The lowest BCUT2D eigenvalue weighted by atomic mass is 10.2. The summed E-state index contributed by atoms with van der Waals surface area (Å²) in [5.41, 5.74) is 6.64. The number of hydrogen-bond acceptors (Lipinski definition) is 4. The van der Waals surface area contributed by atoms with Crippen molar-refractivity contribution >= 4 is 33.2 Å². The van der Waals surface area contributed by atoms with Gasteiger partial charge in [-0.05, 0) is 48.9 Å². The van der Waals surface area contributed by atoms with Crippen molar-refractivity contribution in [2.45, 2.75) is 18.7 Å². The van der Waals surface area contributed by atoms with E-state index in [1.807, 2.05) is 0 Å². The third kappa shape index (κ3) is 4.11. The summed E-state index contributed by atoms with van der Waals surface area (Å²) in [5, 5.41) is 2.55. The van der Waals surface area contributed by atoms with Crippen molar-refractivity contribution < 1.29 is 18.0 Å². The molecule has 0 aliphatic carbocycles. The fourth-order valence-electron chi connectivity index (χ4n) is 2.08. The van der Waals surface area contributed by atoms with Crippen LogP contribution in [0.15, 0.2) is 47.4 Å². The molecule has 2 rings (SSSR count). The Kier molecular flexibility index (Phi) is 4.89. The summed E-state index contributed by atoms with van der Waals surface area (Å²) in [6, 6.07) is 10.4. The van der Waals surface area contributed by atoms with Gasteiger partial charge in [-0.25, -0.2) is 8.42 Å². The Hall–Kier alpha value is -2.87. The average Bonchev–Trinajstić information content (AvgIpc) is 2.48. The van der Waals surface area contributed by atoms with Gasteiger partial charge in [0.1, 0.15) is 0 Å². The molecule has 0 aliphatic rings. The fourth-order valence-corrected chi connectivity index (χ4v) is 3.41. The van der Waals surface area contributed by atoms with E-state index in [1.54, 1.807) is 19.1 Å². The van der Waals surface area contributed by atoms with Crippen LogP contribution in [0.5, 0.6) is 0 Å². The maximum absolute atomic E-state index is 12.6. The zero-order chi connectivity index (χ0) is 17.9. The molecular weight excluding hydrogens is 330 g/mol. The van der Waals surface area contributed by atoms with E-state index >= 15 is 0 Å². The number of nitrogens with two attached hydrogens (primary N) is 1. The summed E-state index contributed by atoms with van der Waals surface area (Å²) in [5.74, 6) is -0.888. The predicted molar refractivity (Wildman–Crippen MR) is 91.3 cm³/mol. The first-order chi connectivity index (χ1) is 11.2. The average molecular weight is 347 g/mol. The zero-order valence-electron chi connectivity index (χ0n) is 13.2. The topological polar surface area (TPSA) is 118 Å². The molecule has 0 saturated heterocycles. The number of hydrogen-bond donors (Lipinski definition) is 3. The normalized spacial score (nSPS) is 10.9. The second-order valence-electron chi connectivity index (χ2n) is 5.21. The van der Waals surface area contributed by atoms with Crippen LogP contribution in [-0.4, -0.2) is 20.2 Å². The molecule has 0 spiro atoms. The van der Waals surface area contributed by atoms with Crippen LogP contribution in [0.4, 0.5) is 11.4 Å². The number of carbonyl (C=O) groups excluding carboxylic acids is 2. The minimum atomic E-state index is -3.85. The number of sulfonamides is 1. The molecule has 0 saturated carbocycles. The van der Waals surface area contributed by atoms with Gasteiger partial charge >= 0.3 is 0 Å². The molecule has 7 nitrogen and oxygen atoms in total. The number of primary amides is 1. The summed E-state index contributed by atoms with van der Waals surface area (Å²) >= 11 is 0. The lowest BCUT2D eigenvalue weighted by molar-refractivity contribution is -0.114. The number of aryl methyl sites for hydroxylation is 1. The Morgan fingerprint density at radius 3 is 2.12 bits per heavy atom. The van der Waals surface area contributed by atoms with Gasteiger partial charge in [0.25, 0.3) is 10.0 Å². The molecule has 126 valence electrons. The minimum absolute atomic E-state index is 0.0488. The number of benzene rings is 2. The molecule has 0 unspecified atom stereocenters. The standard InChI is InChI=1S/C16H17N3O4S/c1-10-3-6-14(18-11(2)20)9-15(10)24(22,23)19-13-7-4-12(5-8-13)16(17)21/h3-9,19H,1-2H3,(H2,17,21)(H,18,20). The number of rotatable bonds is 5. The van der Waals surface area contributed by atoms with Crippen LogP contribution >= 0.6 is 0 Å². The van der Waals surface area contributed by atoms with E-state index in [2.05, 4.69) is 10.0 Å². The number of nitrogens with one attached hydrogen (secondary N) is 2. The zero-order valence-corrected chi connectivity index (χ0v) is 14.0. The van der Waals surface area contributed by atoms with Gasteiger partial charge in [-0.2, -0.15) is 0 Å². The lowest BCUT2D eigenvalue weighted by Crippen LogP contribution is -2.16. The summed E-state index contributed by atoms with van der Waals surface area (Å²) in [6.07, 6.45) is 0. The van der Waals surface area contributed by atoms with Gasteiger partial charge < -0.3 is 11.1 Å². The minimum Gasteiger partial charge on any atom is -0.366 e. The van der Waals surface area contributed by atoms with E-state index in [4.69, 9.17) is 5.73 Å². The lowest BCUT2D eigenvalue weighted by Gasteiger charge is -2.12. The third-order valence-electron chi connectivity index (χ3n) is 3.22. The highest BCUT2D eigenvalue weighted by atomic mass is 32.2. The number of amides is 2. The molecular formula is C16H17N3O4S. The summed E-state index contributed by atoms with van der Waals surface area (Å²) in [7, 11) is -3.85. The summed E-state index contributed by atoms with van der Waals surface area (Å²) in [4.78, 5) is 22.2. The molecule has 0 radical (unpaired) electrons. The van der Waals surface area contributed by atoms with Gasteiger partial charge in [0, 0.05) is 23.9 Å². The van der Waals surface area contributed by atoms with Gasteiger partial charge in [0.05, 0.1) is 4.90 Å². The van der Waals surface area contributed by atoms with Crippen LogP contribution in [0.1, 0.15) is 22.8 Å². The van der Waals surface area contributed by atoms with Gasteiger partial charge in [0.15, 0.2) is 0 Å².